The molecular formula is C5H8N4. The number of nitrogens with zero attached hydrogens (tertiary/aromatic N) is 2. The fourth-order valence-corrected chi connectivity index (χ4v) is 0.537. The molecular weight excluding hydrogens is 116 g/mol. The highest BCUT2D eigenvalue weighted by atomic mass is 15.3. The van der Waals surface area contributed by atoms with E-state index < -0.39 is 0 Å². The van der Waals surface area contributed by atoms with E-state index in [1.54, 1.807) is 19.2 Å². The zero-order valence-electron chi connectivity index (χ0n) is 5.13. The molecule has 9 heavy (non-hydrogen) atoms. The maximum atomic E-state index is 5.08. The maximum Gasteiger partial charge on any atom is 0.143 e. The lowest BCUT2D eigenvalue weighted by atomic mass is 10.5. The zero-order valence-corrected chi connectivity index (χ0v) is 5.13. The molecule has 0 aliphatic heterocycles. The van der Waals surface area contributed by atoms with Gasteiger partial charge in [0.05, 0.1) is 0 Å². The molecule has 0 saturated heterocycles. The third-order valence-corrected chi connectivity index (χ3v) is 0.924. The number of hydrogen-bond acceptors (Lipinski definition) is 4. The van der Waals surface area contributed by atoms with Gasteiger partial charge in [-0.3, -0.25) is 0 Å². The summed E-state index contributed by atoms with van der Waals surface area (Å²) in [6.07, 6.45) is 1.65. The Morgan fingerprint density at radius 2 is 2.44 bits per heavy atom. The van der Waals surface area contributed by atoms with Gasteiger partial charge in [0.2, 0.25) is 0 Å². The number of nitrogens with one attached hydrogen (secondary N) is 1. The number of nitrogens with two attached hydrogens (primary N) is 1. The largest absolute Gasteiger partial charge is 0.308 e. The summed E-state index contributed by atoms with van der Waals surface area (Å²) >= 11 is 0. The van der Waals surface area contributed by atoms with Gasteiger partial charge in [-0.1, -0.05) is 0 Å². The number of rotatable bonds is 1. The van der Waals surface area contributed by atoms with E-state index in [4.69, 9.17) is 5.84 Å². The molecule has 0 bridgehead atoms. The van der Waals surface area contributed by atoms with Crippen LogP contribution in [-0.2, 0) is 0 Å². The number of anilines is 1. The van der Waals surface area contributed by atoms with Crippen LogP contribution in [0.4, 0.5) is 5.82 Å². The monoisotopic (exact) mass is 124 g/mol. The van der Waals surface area contributed by atoms with Gasteiger partial charge in [-0.25, -0.2) is 15.8 Å². The predicted octanol–water partition coefficient (Wildman–Crippen LogP) is 0.0706. The lowest BCUT2D eigenvalue weighted by Gasteiger charge is -1.96. The molecule has 1 aromatic heterocycles. The van der Waals surface area contributed by atoms with Gasteiger partial charge in [0.1, 0.15) is 11.6 Å². The first kappa shape index (κ1) is 5.97. The molecule has 0 unspecified atom stereocenters. The van der Waals surface area contributed by atoms with Crippen molar-refractivity contribution in [3.63, 3.8) is 0 Å². The van der Waals surface area contributed by atoms with Gasteiger partial charge in [-0.15, -0.1) is 0 Å². The highest BCUT2D eigenvalue weighted by Gasteiger charge is 1.87. The lowest BCUT2D eigenvalue weighted by molar-refractivity contribution is 1.04. The Balaban J connectivity index is 2.94. The van der Waals surface area contributed by atoms with Gasteiger partial charge >= 0.3 is 0 Å². The number of aromatic nitrogens is 2. The first-order valence-corrected chi connectivity index (χ1v) is 2.59. The summed E-state index contributed by atoms with van der Waals surface area (Å²) < 4.78 is 0. The predicted molar refractivity (Wildman–Crippen MR) is 34.6 cm³/mol. The van der Waals surface area contributed by atoms with Crippen LogP contribution in [0, 0.1) is 6.92 Å². The van der Waals surface area contributed by atoms with Crippen LogP contribution in [-0.4, -0.2) is 9.97 Å². The molecule has 0 radical (unpaired) electrons. The summed E-state index contributed by atoms with van der Waals surface area (Å²) in [5.41, 5.74) is 2.42. The molecule has 0 aromatic carbocycles. The van der Waals surface area contributed by atoms with Crippen LogP contribution in [0.5, 0.6) is 0 Å². The summed E-state index contributed by atoms with van der Waals surface area (Å²) in [5, 5.41) is 0. The van der Waals surface area contributed by atoms with E-state index >= 15 is 0 Å². The van der Waals surface area contributed by atoms with E-state index in [2.05, 4.69) is 15.4 Å². The van der Waals surface area contributed by atoms with E-state index in [1.807, 2.05) is 0 Å². The van der Waals surface area contributed by atoms with Gasteiger partial charge in [0.25, 0.3) is 0 Å². The summed E-state index contributed by atoms with van der Waals surface area (Å²) in [7, 11) is 0. The molecule has 3 N–H and O–H groups in total. The molecule has 4 heteroatoms. The quantitative estimate of drug-likeness (QED) is 0.411. The molecule has 0 aliphatic carbocycles. The van der Waals surface area contributed by atoms with Crippen molar-refractivity contribution in [3.8, 4) is 0 Å². The highest BCUT2D eigenvalue weighted by Crippen LogP contribution is 1.96. The average molecular weight is 124 g/mol. The molecule has 0 amide bonds. The molecule has 0 atom stereocenters. The van der Waals surface area contributed by atoms with E-state index in [-0.39, 0.29) is 0 Å². The molecule has 0 aliphatic rings. The van der Waals surface area contributed by atoms with Crippen LogP contribution in [0.25, 0.3) is 0 Å². The van der Waals surface area contributed by atoms with Gasteiger partial charge in [0, 0.05) is 12.3 Å². The van der Waals surface area contributed by atoms with Crippen LogP contribution in [0.2, 0.25) is 0 Å². The molecule has 48 valence electrons. The highest BCUT2D eigenvalue weighted by molar-refractivity contribution is 5.30. The molecule has 0 fully saturated rings. The third-order valence-electron chi connectivity index (χ3n) is 0.924. The normalized spacial score (nSPS) is 9.11. The van der Waals surface area contributed by atoms with Crippen molar-refractivity contribution in [2.45, 2.75) is 6.92 Å². The molecule has 1 aromatic rings. The molecule has 1 rings (SSSR count). The zero-order chi connectivity index (χ0) is 6.69. The number of hydrazine groups is 1. The minimum Gasteiger partial charge on any atom is -0.308 e. The first-order chi connectivity index (χ1) is 4.33. The van der Waals surface area contributed by atoms with E-state index in [0.717, 1.165) is 0 Å². The van der Waals surface area contributed by atoms with Crippen molar-refractivity contribution >= 4 is 5.82 Å². The maximum absolute atomic E-state index is 5.08. The topological polar surface area (TPSA) is 63.8 Å². The minimum absolute atomic E-state index is 0.641. The van der Waals surface area contributed by atoms with Crippen molar-refractivity contribution in [1.29, 1.82) is 0 Å². The van der Waals surface area contributed by atoms with Crippen molar-refractivity contribution < 1.29 is 0 Å². The van der Waals surface area contributed by atoms with Crippen LogP contribution in [0.15, 0.2) is 12.3 Å². The molecule has 4 nitrogen and oxygen atoms in total. The Kier molecular flexibility index (Phi) is 1.60. The van der Waals surface area contributed by atoms with Crippen molar-refractivity contribution in [2.75, 3.05) is 5.43 Å². The van der Waals surface area contributed by atoms with Gasteiger partial charge < -0.3 is 5.43 Å². The fourth-order valence-electron chi connectivity index (χ4n) is 0.537. The second-order valence-electron chi connectivity index (χ2n) is 1.63. The van der Waals surface area contributed by atoms with Crippen LogP contribution in [0.3, 0.4) is 0 Å². The van der Waals surface area contributed by atoms with Crippen molar-refractivity contribution in [3.05, 3.63) is 18.1 Å². The summed E-state index contributed by atoms with van der Waals surface area (Å²) in [4.78, 5) is 7.83. The second kappa shape index (κ2) is 2.41. The Hall–Kier alpha value is -1.16. The standard InChI is InChI=1S/C5H8N4/c1-4-7-3-2-5(8-4)9-6/h2-3H,6H2,1H3,(H,7,8,9). The van der Waals surface area contributed by atoms with Crippen LogP contribution in [0.1, 0.15) is 5.82 Å². The first-order valence-electron chi connectivity index (χ1n) is 2.59. The second-order valence-corrected chi connectivity index (χ2v) is 1.63. The summed E-state index contributed by atoms with van der Waals surface area (Å²) in [6, 6.07) is 1.70. The number of aryl methyl sites for hydroxylation is 1. The van der Waals surface area contributed by atoms with E-state index in [1.165, 1.54) is 0 Å². The molecule has 0 spiro atoms. The SMILES string of the molecule is Cc1nccc(NN)n1. The summed E-state index contributed by atoms with van der Waals surface area (Å²) in [5.74, 6) is 6.43. The van der Waals surface area contributed by atoms with Gasteiger partial charge in [0.15, 0.2) is 0 Å². The van der Waals surface area contributed by atoms with Gasteiger partial charge in [-0.05, 0) is 6.92 Å². The average Bonchev–Trinajstić information content (AvgIpc) is 1.88. The Bertz CT molecular complexity index is 198. The number of hydrogen-bond donors (Lipinski definition) is 2. The van der Waals surface area contributed by atoms with E-state index in [0.29, 0.717) is 11.6 Å². The fraction of sp³-hybridized carbons (Fsp3) is 0.200. The Labute approximate surface area is 53.1 Å². The third kappa shape index (κ3) is 1.36. The van der Waals surface area contributed by atoms with Crippen molar-refractivity contribution in [2.24, 2.45) is 5.84 Å². The van der Waals surface area contributed by atoms with Crippen molar-refractivity contribution in [1.82, 2.24) is 9.97 Å². The summed E-state index contributed by atoms with van der Waals surface area (Å²) in [6.45, 7) is 1.81. The Morgan fingerprint density at radius 1 is 1.67 bits per heavy atom. The van der Waals surface area contributed by atoms with Crippen LogP contribution >= 0.6 is 0 Å². The smallest absolute Gasteiger partial charge is 0.143 e. The van der Waals surface area contributed by atoms with E-state index in [9.17, 15) is 0 Å². The van der Waals surface area contributed by atoms with Crippen LogP contribution < -0.4 is 11.3 Å². The molecule has 0 saturated carbocycles. The number of nitrogen functional groups attached to an aromatic ring is 1. The minimum atomic E-state index is 0.641. The lowest BCUT2D eigenvalue weighted by Crippen LogP contribution is -2.08. The molecule has 1 heterocycles. The van der Waals surface area contributed by atoms with Gasteiger partial charge in [-0.2, -0.15) is 0 Å². The Morgan fingerprint density at radius 3 is 2.89 bits per heavy atom.